The summed E-state index contributed by atoms with van der Waals surface area (Å²) in [5.74, 6) is 0.734. The Hall–Kier alpha value is -2.07. The molecule has 1 amide bonds. The summed E-state index contributed by atoms with van der Waals surface area (Å²) in [6.07, 6.45) is 1.52. The molecular weight excluding hydrogens is 288 g/mol. The van der Waals surface area contributed by atoms with Crippen molar-refractivity contribution in [2.75, 3.05) is 20.2 Å². The van der Waals surface area contributed by atoms with Gasteiger partial charge in [-0.15, -0.1) is 0 Å². The molecule has 0 aliphatic heterocycles. The number of aryl methyl sites for hydroxylation is 1. The molecule has 1 aromatic carbocycles. The summed E-state index contributed by atoms with van der Waals surface area (Å²) >= 11 is 5.79. The fraction of sp³-hybridized carbons (Fsp3) is 0.250. The minimum atomic E-state index is -0.104. The quantitative estimate of drug-likeness (QED) is 0.797. The molecule has 2 aromatic rings. The van der Waals surface area contributed by atoms with E-state index < -0.39 is 0 Å². The lowest BCUT2D eigenvalue weighted by atomic mass is 10.2. The first-order chi connectivity index (χ1) is 10.1. The Bertz CT molecular complexity index is 631. The van der Waals surface area contributed by atoms with Gasteiger partial charge >= 0.3 is 0 Å². The van der Waals surface area contributed by atoms with Crippen LogP contribution in [0.2, 0.25) is 5.15 Å². The van der Waals surface area contributed by atoms with Crippen molar-refractivity contribution in [3.05, 3.63) is 58.9 Å². The fourth-order valence-electron chi connectivity index (χ4n) is 1.87. The van der Waals surface area contributed by atoms with Gasteiger partial charge in [-0.1, -0.05) is 29.8 Å². The molecule has 0 aliphatic carbocycles. The number of rotatable bonds is 5. The van der Waals surface area contributed by atoms with Crippen LogP contribution in [0.15, 0.2) is 42.6 Å². The van der Waals surface area contributed by atoms with Crippen LogP contribution in [0.1, 0.15) is 15.9 Å². The van der Waals surface area contributed by atoms with Crippen LogP contribution in [-0.2, 0) is 0 Å². The predicted molar refractivity (Wildman–Crippen MR) is 82.9 cm³/mol. The van der Waals surface area contributed by atoms with Gasteiger partial charge in [-0.2, -0.15) is 0 Å². The molecule has 4 nitrogen and oxygen atoms in total. The van der Waals surface area contributed by atoms with Crippen LogP contribution in [-0.4, -0.2) is 36.0 Å². The molecule has 0 aliphatic rings. The lowest BCUT2D eigenvalue weighted by molar-refractivity contribution is 0.0773. The summed E-state index contributed by atoms with van der Waals surface area (Å²) in [5, 5.41) is 0.311. The number of hydrogen-bond acceptors (Lipinski definition) is 3. The van der Waals surface area contributed by atoms with Crippen molar-refractivity contribution in [3.63, 3.8) is 0 Å². The van der Waals surface area contributed by atoms with Crippen molar-refractivity contribution in [3.8, 4) is 5.75 Å². The van der Waals surface area contributed by atoms with E-state index in [1.165, 1.54) is 6.20 Å². The molecule has 0 radical (unpaired) electrons. The summed E-state index contributed by atoms with van der Waals surface area (Å²) < 4.78 is 5.68. The van der Waals surface area contributed by atoms with E-state index in [0.29, 0.717) is 23.9 Å². The largest absolute Gasteiger partial charge is 0.491 e. The minimum absolute atomic E-state index is 0.104. The second kappa shape index (κ2) is 7.09. The van der Waals surface area contributed by atoms with Crippen LogP contribution < -0.4 is 4.74 Å². The number of benzene rings is 1. The average molecular weight is 305 g/mol. The van der Waals surface area contributed by atoms with E-state index in [1.807, 2.05) is 31.2 Å². The van der Waals surface area contributed by atoms with E-state index in [4.69, 9.17) is 16.3 Å². The van der Waals surface area contributed by atoms with Crippen LogP contribution in [0.5, 0.6) is 5.75 Å². The third-order valence-electron chi connectivity index (χ3n) is 3.10. The molecule has 5 heteroatoms. The van der Waals surface area contributed by atoms with Gasteiger partial charge in [-0.05, 0) is 30.7 Å². The molecule has 0 N–H and O–H groups in total. The highest BCUT2D eigenvalue weighted by Crippen LogP contribution is 2.16. The predicted octanol–water partition coefficient (Wildman–Crippen LogP) is 3.19. The topological polar surface area (TPSA) is 42.4 Å². The van der Waals surface area contributed by atoms with Crippen molar-refractivity contribution in [2.45, 2.75) is 6.92 Å². The number of aromatic nitrogens is 1. The van der Waals surface area contributed by atoms with Crippen molar-refractivity contribution in [1.82, 2.24) is 9.88 Å². The number of carbonyl (C=O) groups is 1. The van der Waals surface area contributed by atoms with Gasteiger partial charge in [0.05, 0.1) is 6.54 Å². The van der Waals surface area contributed by atoms with E-state index in [0.717, 1.165) is 11.3 Å². The molecule has 1 heterocycles. The van der Waals surface area contributed by atoms with Gasteiger partial charge in [0.2, 0.25) is 0 Å². The molecule has 110 valence electrons. The number of carbonyl (C=O) groups excluding carboxylic acids is 1. The maximum absolute atomic E-state index is 12.2. The normalized spacial score (nSPS) is 10.2. The summed E-state index contributed by atoms with van der Waals surface area (Å²) in [5.41, 5.74) is 1.60. The van der Waals surface area contributed by atoms with E-state index in [2.05, 4.69) is 4.98 Å². The standard InChI is InChI=1S/C16H17ClN2O2/c1-12-5-3-4-6-14(12)21-10-9-19(2)16(20)13-7-8-18-15(17)11-13/h3-8,11H,9-10H2,1-2H3. The number of likely N-dealkylation sites (N-methyl/N-ethyl adjacent to an activating group) is 1. The number of nitrogens with zero attached hydrogens (tertiary/aromatic N) is 2. The number of ether oxygens (including phenoxy) is 1. The Labute approximate surface area is 129 Å². The number of halogens is 1. The summed E-state index contributed by atoms with van der Waals surface area (Å²) in [4.78, 5) is 17.7. The molecule has 0 spiro atoms. The molecule has 0 saturated carbocycles. The highest BCUT2D eigenvalue weighted by Gasteiger charge is 2.12. The van der Waals surface area contributed by atoms with Gasteiger partial charge in [0.1, 0.15) is 17.5 Å². The summed E-state index contributed by atoms with van der Waals surface area (Å²) in [6.45, 7) is 2.92. The monoisotopic (exact) mass is 304 g/mol. The molecule has 0 unspecified atom stereocenters. The molecular formula is C16H17ClN2O2. The molecule has 1 aromatic heterocycles. The SMILES string of the molecule is Cc1ccccc1OCCN(C)C(=O)c1ccnc(Cl)c1. The maximum Gasteiger partial charge on any atom is 0.253 e. The summed E-state index contributed by atoms with van der Waals surface area (Å²) in [6, 6.07) is 11.0. The summed E-state index contributed by atoms with van der Waals surface area (Å²) in [7, 11) is 1.73. The van der Waals surface area contributed by atoms with E-state index in [-0.39, 0.29) is 5.91 Å². The molecule has 0 bridgehead atoms. The Balaban J connectivity index is 1.89. The van der Waals surface area contributed by atoms with Gasteiger partial charge in [-0.25, -0.2) is 4.98 Å². The average Bonchev–Trinajstić information content (AvgIpc) is 2.48. The van der Waals surface area contributed by atoms with Crippen LogP contribution in [0.4, 0.5) is 0 Å². The number of para-hydroxylation sites is 1. The molecule has 21 heavy (non-hydrogen) atoms. The van der Waals surface area contributed by atoms with Crippen molar-refractivity contribution in [1.29, 1.82) is 0 Å². The van der Waals surface area contributed by atoms with Gasteiger partial charge in [0, 0.05) is 18.8 Å². The number of amides is 1. The number of hydrogen-bond donors (Lipinski definition) is 0. The van der Waals surface area contributed by atoms with Gasteiger partial charge in [0.15, 0.2) is 0 Å². The zero-order chi connectivity index (χ0) is 15.2. The lowest BCUT2D eigenvalue weighted by Crippen LogP contribution is -2.30. The van der Waals surface area contributed by atoms with E-state index in [9.17, 15) is 4.79 Å². The zero-order valence-corrected chi connectivity index (χ0v) is 12.8. The second-order valence-corrected chi connectivity index (χ2v) is 5.10. The van der Waals surface area contributed by atoms with Gasteiger partial charge in [-0.3, -0.25) is 4.79 Å². The zero-order valence-electron chi connectivity index (χ0n) is 12.0. The smallest absolute Gasteiger partial charge is 0.253 e. The maximum atomic E-state index is 12.2. The van der Waals surface area contributed by atoms with Gasteiger partial charge in [0.25, 0.3) is 5.91 Å². The fourth-order valence-corrected chi connectivity index (χ4v) is 2.04. The van der Waals surface area contributed by atoms with Crippen LogP contribution in [0.3, 0.4) is 0 Å². The molecule has 0 atom stereocenters. The van der Waals surface area contributed by atoms with E-state index in [1.54, 1.807) is 24.1 Å². The van der Waals surface area contributed by atoms with Crippen LogP contribution >= 0.6 is 11.6 Å². The van der Waals surface area contributed by atoms with Crippen LogP contribution in [0, 0.1) is 6.92 Å². The van der Waals surface area contributed by atoms with Crippen LogP contribution in [0.25, 0.3) is 0 Å². The van der Waals surface area contributed by atoms with Crippen molar-refractivity contribution >= 4 is 17.5 Å². The highest BCUT2D eigenvalue weighted by atomic mass is 35.5. The Morgan fingerprint density at radius 1 is 1.33 bits per heavy atom. The first-order valence-corrected chi connectivity index (χ1v) is 7.01. The Kier molecular flexibility index (Phi) is 5.17. The highest BCUT2D eigenvalue weighted by molar-refractivity contribution is 6.29. The van der Waals surface area contributed by atoms with Crippen molar-refractivity contribution < 1.29 is 9.53 Å². The molecule has 2 rings (SSSR count). The minimum Gasteiger partial charge on any atom is -0.491 e. The third-order valence-corrected chi connectivity index (χ3v) is 3.30. The Morgan fingerprint density at radius 2 is 2.10 bits per heavy atom. The molecule has 0 fully saturated rings. The van der Waals surface area contributed by atoms with Crippen molar-refractivity contribution in [2.24, 2.45) is 0 Å². The Morgan fingerprint density at radius 3 is 2.81 bits per heavy atom. The van der Waals surface area contributed by atoms with E-state index >= 15 is 0 Å². The number of pyridine rings is 1. The third kappa shape index (κ3) is 4.20. The molecule has 0 saturated heterocycles. The first-order valence-electron chi connectivity index (χ1n) is 6.63. The second-order valence-electron chi connectivity index (χ2n) is 4.71. The van der Waals surface area contributed by atoms with Gasteiger partial charge < -0.3 is 9.64 Å². The lowest BCUT2D eigenvalue weighted by Gasteiger charge is -2.18. The first kappa shape index (κ1) is 15.3.